The van der Waals surface area contributed by atoms with E-state index < -0.39 is 0 Å². The lowest BCUT2D eigenvalue weighted by Crippen LogP contribution is -2.32. The second-order valence-corrected chi connectivity index (χ2v) is 4.81. The highest BCUT2D eigenvalue weighted by molar-refractivity contribution is 6.30. The van der Waals surface area contributed by atoms with Crippen LogP contribution < -0.4 is 5.32 Å². The van der Waals surface area contributed by atoms with Gasteiger partial charge in [-0.3, -0.25) is 0 Å². The molecule has 0 radical (unpaired) electrons. The number of rotatable bonds is 5. The lowest BCUT2D eigenvalue weighted by Gasteiger charge is -2.20. The smallest absolute Gasteiger partial charge is 0.129 e. The summed E-state index contributed by atoms with van der Waals surface area (Å²) in [4.78, 5) is 0. The Labute approximate surface area is 102 Å². The van der Waals surface area contributed by atoms with E-state index in [1.807, 2.05) is 0 Å². The fraction of sp³-hybridized carbons (Fsp3) is 0.538. The molecule has 0 aliphatic carbocycles. The molecule has 1 unspecified atom stereocenters. The summed E-state index contributed by atoms with van der Waals surface area (Å²) in [7, 11) is 0. The first-order valence-electron chi connectivity index (χ1n) is 5.72. The minimum Gasteiger partial charge on any atom is -0.310 e. The van der Waals surface area contributed by atoms with Crippen molar-refractivity contribution in [3.8, 4) is 0 Å². The van der Waals surface area contributed by atoms with E-state index in [2.05, 4.69) is 26.1 Å². The minimum atomic E-state index is -0.237. The van der Waals surface area contributed by atoms with E-state index in [0.717, 1.165) is 6.42 Å². The third kappa shape index (κ3) is 3.76. The van der Waals surface area contributed by atoms with Crippen LogP contribution >= 0.6 is 11.6 Å². The van der Waals surface area contributed by atoms with Crippen LogP contribution in [0.2, 0.25) is 5.02 Å². The average molecular weight is 244 g/mol. The van der Waals surface area contributed by atoms with Gasteiger partial charge in [0, 0.05) is 23.2 Å². The standard InChI is InChI=1S/C13H19ClFN/c1-4-13(9(2)3)16-8-10-5-6-11(14)7-12(10)15/h5-7,9,13,16H,4,8H2,1-3H3. The molecule has 0 heterocycles. The molecule has 1 aromatic carbocycles. The Morgan fingerprint density at radius 1 is 1.38 bits per heavy atom. The second-order valence-electron chi connectivity index (χ2n) is 4.38. The van der Waals surface area contributed by atoms with Crippen LogP contribution in [0.5, 0.6) is 0 Å². The Morgan fingerprint density at radius 3 is 2.56 bits per heavy atom. The summed E-state index contributed by atoms with van der Waals surface area (Å²) in [5.41, 5.74) is 0.670. The zero-order chi connectivity index (χ0) is 12.1. The lowest BCUT2D eigenvalue weighted by atomic mass is 10.0. The van der Waals surface area contributed by atoms with E-state index in [4.69, 9.17) is 11.6 Å². The fourth-order valence-electron chi connectivity index (χ4n) is 1.76. The van der Waals surface area contributed by atoms with Gasteiger partial charge in [-0.1, -0.05) is 38.4 Å². The molecule has 0 saturated carbocycles. The van der Waals surface area contributed by atoms with Crippen molar-refractivity contribution in [1.29, 1.82) is 0 Å². The molecule has 1 atom stereocenters. The van der Waals surface area contributed by atoms with Gasteiger partial charge >= 0.3 is 0 Å². The van der Waals surface area contributed by atoms with Gasteiger partial charge in [0.15, 0.2) is 0 Å². The molecule has 1 N–H and O–H groups in total. The third-order valence-electron chi connectivity index (χ3n) is 2.81. The number of hydrogen-bond donors (Lipinski definition) is 1. The summed E-state index contributed by atoms with van der Waals surface area (Å²) >= 11 is 5.70. The molecule has 3 heteroatoms. The van der Waals surface area contributed by atoms with Gasteiger partial charge in [0.05, 0.1) is 0 Å². The van der Waals surface area contributed by atoms with Crippen LogP contribution in [0.15, 0.2) is 18.2 Å². The van der Waals surface area contributed by atoms with E-state index >= 15 is 0 Å². The van der Waals surface area contributed by atoms with Crippen molar-refractivity contribution in [1.82, 2.24) is 5.32 Å². The van der Waals surface area contributed by atoms with Crippen molar-refractivity contribution in [2.45, 2.75) is 39.8 Å². The molecule has 0 amide bonds. The first-order valence-corrected chi connectivity index (χ1v) is 6.09. The summed E-state index contributed by atoms with van der Waals surface area (Å²) in [6.07, 6.45) is 1.05. The molecule has 0 aromatic heterocycles. The maximum Gasteiger partial charge on any atom is 0.129 e. The topological polar surface area (TPSA) is 12.0 Å². The summed E-state index contributed by atoms with van der Waals surface area (Å²) < 4.78 is 13.5. The normalized spacial score (nSPS) is 13.1. The van der Waals surface area contributed by atoms with E-state index in [0.29, 0.717) is 29.1 Å². The van der Waals surface area contributed by atoms with Crippen molar-refractivity contribution < 1.29 is 4.39 Å². The summed E-state index contributed by atoms with van der Waals surface area (Å²) in [5, 5.41) is 3.80. The van der Waals surface area contributed by atoms with E-state index in [1.54, 1.807) is 12.1 Å². The van der Waals surface area contributed by atoms with E-state index in [1.165, 1.54) is 6.07 Å². The highest BCUT2D eigenvalue weighted by Gasteiger charge is 2.11. The lowest BCUT2D eigenvalue weighted by molar-refractivity contribution is 0.384. The van der Waals surface area contributed by atoms with Gasteiger partial charge in [-0.05, 0) is 24.5 Å². The van der Waals surface area contributed by atoms with Crippen LogP contribution in [0.25, 0.3) is 0 Å². The molecule has 1 rings (SSSR count). The minimum absolute atomic E-state index is 0.237. The predicted octanol–water partition coefficient (Wildman–Crippen LogP) is 4.00. The van der Waals surface area contributed by atoms with Gasteiger partial charge in [0.2, 0.25) is 0 Å². The molecule has 1 aromatic rings. The Hall–Kier alpha value is -0.600. The van der Waals surface area contributed by atoms with Crippen LogP contribution in [-0.2, 0) is 6.54 Å². The Morgan fingerprint density at radius 2 is 2.06 bits per heavy atom. The first-order chi connectivity index (χ1) is 7.54. The average Bonchev–Trinajstić information content (AvgIpc) is 2.21. The monoisotopic (exact) mass is 243 g/mol. The van der Waals surface area contributed by atoms with Crippen molar-refractivity contribution in [3.05, 3.63) is 34.6 Å². The van der Waals surface area contributed by atoms with Crippen molar-refractivity contribution in [2.24, 2.45) is 5.92 Å². The van der Waals surface area contributed by atoms with Crippen LogP contribution in [0, 0.1) is 11.7 Å². The van der Waals surface area contributed by atoms with Gasteiger partial charge in [-0.2, -0.15) is 0 Å². The SMILES string of the molecule is CCC(NCc1ccc(Cl)cc1F)C(C)C. The van der Waals surface area contributed by atoms with Crippen LogP contribution in [0.4, 0.5) is 4.39 Å². The zero-order valence-corrected chi connectivity index (χ0v) is 10.8. The van der Waals surface area contributed by atoms with Gasteiger partial charge in [-0.25, -0.2) is 4.39 Å². The number of benzene rings is 1. The molecule has 0 saturated heterocycles. The third-order valence-corrected chi connectivity index (χ3v) is 3.05. The molecular formula is C13H19ClFN. The fourth-order valence-corrected chi connectivity index (χ4v) is 1.92. The summed E-state index contributed by atoms with van der Waals surface area (Å²) in [5.74, 6) is 0.318. The van der Waals surface area contributed by atoms with E-state index in [-0.39, 0.29) is 5.82 Å². The zero-order valence-electron chi connectivity index (χ0n) is 10.1. The molecule has 0 spiro atoms. The van der Waals surface area contributed by atoms with Crippen LogP contribution in [0.1, 0.15) is 32.8 Å². The number of nitrogens with one attached hydrogen (secondary N) is 1. The molecule has 0 fully saturated rings. The quantitative estimate of drug-likeness (QED) is 0.824. The van der Waals surface area contributed by atoms with Crippen LogP contribution in [0.3, 0.4) is 0 Å². The highest BCUT2D eigenvalue weighted by Crippen LogP contribution is 2.15. The van der Waals surface area contributed by atoms with Gasteiger partial charge in [0.1, 0.15) is 5.82 Å². The molecule has 0 aliphatic heterocycles. The van der Waals surface area contributed by atoms with Gasteiger partial charge in [0.25, 0.3) is 0 Å². The maximum atomic E-state index is 13.5. The molecule has 16 heavy (non-hydrogen) atoms. The summed E-state index contributed by atoms with van der Waals surface area (Å²) in [6, 6.07) is 5.24. The predicted molar refractivity (Wildman–Crippen MR) is 67.2 cm³/mol. The summed E-state index contributed by atoms with van der Waals surface area (Å²) in [6.45, 7) is 7.02. The Kier molecular flexibility index (Phi) is 5.23. The van der Waals surface area contributed by atoms with Gasteiger partial charge < -0.3 is 5.32 Å². The molecule has 90 valence electrons. The Bertz CT molecular complexity index is 339. The number of hydrogen-bond acceptors (Lipinski definition) is 1. The van der Waals surface area contributed by atoms with Gasteiger partial charge in [-0.15, -0.1) is 0 Å². The first kappa shape index (κ1) is 13.5. The second kappa shape index (κ2) is 6.21. The highest BCUT2D eigenvalue weighted by atomic mass is 35.5. The molecule has 0 bridgehead atoms. The van der Waals surface area contributed by atoms with Crippen molar-refractivity contribution in [2.75, 3.05) is 0 Å². The molecule has 0 aliphatic rings. The molecular weight excluding hydrogens is 225 g/mol. The van der Waals surface area contributed by atoms with Crippen molar-refractivity contribution >= 4 is 11.6 Å². The largest absolute Gasteiger partial charge is 0.310 e. The maximum absolute atomic E-state index is 13.5. The van der Waals surface area contributed by atoms with Crippen LogP contribution in [-0.4, -0.2) is 6.04 Å². The molecule has 1 nitrogen and oxygen atoms in total. The Balaban J connectivity index is 2.60. The van der Waals surface area contributed by atoms with Crippen molar-refractivity contribution in [3.63, 3.8) is 0 Å². The number of halogens is 2. The van der Waals surface area contributed by atoms with E-state index in [9.17, 15) is 4.39 Å².